The highest BCUT2D eigenvalue weighted by molar-refractivity contribution is 5.70. The van der Waals surface area contributed by atoms with Crippen LogP contribution < -0.4 is 0 Å². The van der Waals surface area contributed by atoms with Gasteiger partial charge in [-0.3, -0.25) is 4.79 Å². The highest BCUT2D eigenvalue weighted by Crippen LogP contribution is 2.68. The van der Waals surface area contributed by atoms with Gasteiger partial charge >= 0.3 is 5.97 Å². The van der Waals surface area contributed by atoms with Gasteiger partial charge < -0.3 is 4.74 Å². The standard InChI is InChI=1S/C25H36O2/c1-5-9-22(26)27-25(6-2)17-14-21-19-12-11-18-10-7-8-15-23(18,3)20(19)13-16-24(21,25)4/h2,7-8,18-21H,5,9-17H2,1,3-4H3/t18-,19-,20+,21+,23+,24+,25+/m1/s1. The lowest BCUT2D eigenvalue weighted by Crippen LogP contribution is -2.56. The molecule has 0 aliphatic heterocycles. The lowest BCUT2D eigenvalue weighted by molar-refractivity contribution is -0.175. The number of hydrogen-bond acceptors (Lipinski definition) is 2. The molecule has 7 atom stereocenters. The predicted molar refractivity (Wildman–Crippen MR) is 109 cm³/mol. The number of terminal acetylenes is 1. The van der Waals surface area contributed by atoms with E-state index in [1.54, 1.807) is 0 Å². The molecule has 3 saturated carbocycles. The van der Waals surface area contributed by atoms with E-state index < -0.39 is 5.60 Å². The first-order valence-corrected chi connectivity index (χ1v) is 11.2. The summed E-state index contributed by atoms with van der Waals surface area (Å²) in [6.45, 7) is 6.92. The van der Waals surface area contributed by atoms with Crippen molar-refractivity contribution in [2.75, 3.05) is 0 Å². The van der Waals surface area contributed by atoms with Crippen molar-refractivity contribution < 1.29 is 9.53 Å². The van der Waals surface area contributed by atoms with Crippen LogP contribution >= 0.6 is 0 Å². The van der Waals surface area contributed by atoms with Crippen LogP contribution in [0.1, 0.15) is 85.0 Å². The smallest absolute Gasteiger partial charge is 0.307 e. The Labute approximate surface area is 165 Å². The van der Waals surface area contributed by atoms with E-state index in [9.17, 15) is 4.79 Å². The second-order valence-corrected chi connectivity index (χ2v) is 10.3. The summed E-state index contributed by atoms with van der Waals surface area (Å²) in [6.07, 6.45) is 21.7. The number of carbonyl (C=O) groups is 1. The molecule has 4 aliphatic carbocycles. The molecule has 0 aromatic rings. The molecule has 27 heavy (non-hydrogen) atoms. The van der Waals surface area contributed by atoms with E-state index >= 15 is 0 Å². The third-order valence-corrected chi connectivity index (χ3v) is 9.31. The molecule has 0 aromatic carbocycles. The minimum Gasteiger partial charge on any atom is -0.445 e. The Morgan fingerprint density at radius 1 is 1.15 bits per heavy atom. The highest BCUT2D eigenvalue weighted by atomic mass is 16.6. The summed E-state index contributed by atoms with van der Waals surface area (Å²) in [4.78, 5) is 12.4. The van der Waals surface area contributed by atoms with Crippen molar-refractivity contribution in [1.82, 2.24) is 0 Å². The van der Waals surface area contributed by atoms with Crippen LogP contribution in [0, 0.1) is 46.8 Å². The average Bonchev–Trinajstić information content (AvgIpc) is 2.94. The zero-order valence-corrected chi connectivity index (χ0v) is 17.4. The van der Waals surface area contributed by atoms with Gasteiger partial charge in [-0.1, -0.05) is 38.8 Å². The normalized spacial score (nSPS) is 48.1. The fraction of sp³-hybridized carbons (Fsp3) is 0.800. The van der Waals surface area contributed by atoms with Crippen LogP contribution in [0.25, 0.3) is 0 Å². The molecule has 0 saturated heterocycles. The first kappa shape index (κ1) is 19.1. The van der Waals surface area contributed by atoms with Gasteiger partial charge in [0.2, 0.25) is 0 Å². The van der Waals surface area contributed by atoms with Crippen LogP contribution in [0.15, 0.2) is 12.2 Å². The minimum absolute atomic E-state index is 0.0555. The number of fused-ring (bicyclic) bond motifs is 5. The lowest BCUT2D eigenvalue weighted by Gasteiger charge is -2.60. The number of carbonyl (C=O) groups excluding carboxylic acids is 1. The summed E-state index contributed by atoms with van der Waals surface area (Å²) in [6, 6.07) is 0. The first-order chi connectivity index (χ1) is 12.9. The summed E-state index contributed by atoms with van der Waals surface area (Å²) >= 11 is 0. The van der Waals surface area contributed by atoms with Crippen molar-refractivity contribution >= 4 is 5.97 Å². The molecule has 0 spiro atoms. The van der Waals surface area contributed by atoms with Crippen molar-refractivity contribution in [1.29, 1.82) is 0 Å². The summed E-state index contributed by atoms with van der Waals surface area (Å²) in [5.74, 6) is 5.92. The summed E-state index contributed by atoms with van der Waals surface area (Å²) in [5.41, 5.74) is -0.279. The zero-order valence-electron chi connectivity index (χ0n) is 17.4. The van der Waals surface area contributed by atoms with Crippen LogP contribution in [0.2, 0.25) is 0 Å². The molecule has 3 fully saturated rings. The summed E-state index contributed by atoms with van der Waals surface area (Å²) < 4.78 is 6.09. The fourth-order valence-electron chi connectivity index (χ4n) is 7.72. The largest absolute Gasteiger partial charge is 0.445 e. The Bertz CT molecular complexity index is 672. The Kier molecular flexibility index (Phi) is 4.73. The maximum Gasteiger partial charge on any atom is 0.307 e. The Morgan fingerprint density at radius 2 is 1.93 bits per heavy atom. The fourth-order valence-corrected chi connectivity index (χ4v) is 7.72. The summed E-state index contributed by atoms with van der Waals surface area (Å²) in [7, 11) is 0. The van der Waals surface area contributed by atoms with E-state index in [2.05, 4.69) is 31.9 Å². The predicted octanol–water partition coefficient (Wildman–Crippen LogP) is 5.91. The van der Waals surface area contributed by atoms with Crippen LogP contribution in [0.3, 0.4) is 0 Å². The van der Waals surface area contributed by atoms with Gasteiger partial charge in [-0.25, -0.2) is 0 Å². The number of allylic oxidation sites excluding steroid dienone is 2. The zero-order chi connectivity index (χ0) is 19.3. The van der Waals surface area contributed by atoms with Gasteiger partial charge in [-0.2, -0.15) is 0 Å². The van der Waals surface area contributed by atoms with E-state index in [0.717, 1.165) is 43.4 Å². The molecule has 0 amide bonds. The van der Waals surface area contributed by atoms with Gasteiger partial charge in [0.25, 0.3) is 0 Å². The van der Waals surface area contributed by atoms with E-state index in [-0.39, 0.29) is 11.4 Å². The van der Waals surface area contributed by atoms with E-state index in [1.807, 2.05) is 6.92 Å². The SMILES string of the molecule is C#C[C@]1(OC(=O)CCC)CC[C@H]2[C@@H]3CC[C@H]4CC=CC[C@]4(C)[C@H]3CC[C@@]21C. The lowest BCUT2D eigenvalue weighted by atomic mass is 9.45. The molecule has 4 rings (SSSR count). The monoisotopic (exact) mass is 368 g/mol. The molecular formula is C25H36O2. The van der Waals surface area contributed by atoms with Crippen molar-refractivity contribution in [3.05, 3.63) is 12.2 Å². The number of esters is 1. The molecule has 0 heterocycles. The van der Waals surface area contributed by atoms with Gasteiger partial charge in [0, 0.05) is 11.8 Å². The van der Waals surface area contributed by atoms with Crippen LogP contribution in [0.4, 0.5) is 0 Å². The van der Waals surface area contributed by atoms with Crippen molar-refractivity contribution in [3.8, 4) is 12.3 Å². The van der Waals surface area contributed by atoms with Crippen LogP contribution in [0.5, 0.6) is 0 Å². The Morgan fingerprint density at radius 3 is 2.67 bits per heavy atom. The van der Waals surface area contributed by atoms with Gasteiger partial charge in [0.05, 0.1) is 0 Å². The Hall–Kier alpha value is -1.23. The molecule has 0 N–H and O–H groups in total. The minimum atomic E-state index is -0.681. The molecule has 4 aliphatic rings. The highest BCUT2D eigenvalue weighted by Gasteiger charge is 2.65. The number of rotatable bonds is 3. The van der Waals surface area contributed by atoms with Crippen molar-refractivity contribution in [2.24, 2.45) is 34.5 Å². The molecule has 0 bridgehead atoms. The molecule has 2 heteroatoms. The topological polar surface area (TPSA) is 26.3 Å². The molecular weight excluding hydrogens is 332 g/mol. The maximum absolute atomic E-state index is 12.4. The summed E-state index contributed by atoms with van der Waals surface area (Å²) in [5, 5.41) is 0. The second kappa shape index (κ2) is 6.68. The molecule has 0 unspecified atom stereocenters. The molecule has 2 nitrogen and oxygen atoms in total. The number of ether oxygens (including phenoxy) is 1. The third kappa shape index (κ3) is 2.64. The Balaban J connectivity index is 1.62. The average molecular weight is 369 g/mol. The quantitative estimate of drug-likeness (QED) is 0.352. The van der Waals surface area contributed by atoms with Gasteiger partial charge in [0.15, 0.2) is 5.60 Å². The van der Waals surface area contributed by atoms with Gasteiger partial charge in [-0.05, 0) is 86.9 Å². The van der Waals surface area contributed by atoms with E-state index in [1.165, 1.54) is 32.1 Å². The number of hydrogen-bond donors (Lipinski definition) is 0. The van der Waals surface area contributed by atoms with Crippen molar-refractivity contribution in [3.63, 3.8) is 0 Å². The maximum atomic E-state index is 12.4. The van der Waals surface area contributed by atoms with Gasteiger partial charge in [0.1, 0.15) is 0 Å². The molecule has 0 aromatic heterocycles. The third-order valence-electron chi connectivity index (χ3n) is 9.31. The molecule has 0 radical (unpaired) electrons. The van der Waals surface area contributed by atoms with Crippen LogP contribution in [-0.4, -0.2) is 11.6 Å². The first-order valence-electron chi connectivity index (χ1n) is 11.2. The van der Waals surface area contributed by atoms with Gasteiger partial charge in [-0.15, -0.1) is 6.42 Å². The van der Waals surface area contributed by atoms with Crippen molar-refractivity contribution in [2.45, 2.75) is 90.6 Å². The molecule has 148 valence electrons. The second-order valence-electron chi connectivity index (χ2n) is 10.3. The van der Waals surface area contributed by atoms with Crippen LogP contribution in [-0.2, 0) is 9.53 Å². The van der Waals surface area contributed by atoms with E-state index in [4.69, 9.17) is 11.2 Å². The van der Waals surface area contributed by atoms with E-state index in [0.29, 0.717) is 17.8 Å².